The number of halogens is 2. The van der Waals surface area contributed by atoms with E-state index in [2.05, 4.69) is 20.9 Å². The molecule has 0 saturated heterocycles. The third kappa shape index (κ3) is 1.66. The minimum absolute atomic E-state index is 0.508. The molecule has 9 heavy (non-hydrogen) atoms. The molecular weight excluding hydrogens is 221 g/mol. The van der Waals surface area contributed by atoms with Gasteiger partial charge in [0.1, 0.15) is 0 Å². The fraction of sp³-hybridized carbons (Fsp3) is 0.400. The molecule has 0 bridgehead atoms. The molecule has 1 aromatic heterocycles. The van der Waals surface area contributed by atoms with Gasteiger partial charge in [0, 0.05) is 4.88 Å². The van der Waals surface area contributed by atoms with Crippen LogP contribution in [0.15, 0.2) is 3.92 Å². The summed E-state index contributed by atoms with van der Waals surface area (Å²) in [6.07, 6.45) is 0. The van der Waals surface area contributed by atoms with E-state index in [1.54, 1.807) is 11.3 Å². The molecule has 4 heteroatoms. The summed E-state index contributed by atoms with van der Waals surface area (Å²) in [5, 5.41) is 0. The third-order valence-corrected chi connectivity index (χ3v) is 2.71. The van der Waals surface area contributed by atoms with Crippen molar-refractivity contribution >= 4 is 38.9 Å². The summed E-state index contributed by atoms with van der Waals surface area (Å²) in [7, 11) is 0. The summed E-state index contributed by atoms with van der Waals surface area (Å²) in [4.78, 5) is 5.32. The summed E-state index contributed by atoms with van der Waals surface area (Å²) < 4.78 is 0.913. The fourth-order valence-electron chi connectivity index (χ4n) is 0.517. The molecule has 0 aliphatic rings. The van der Waals surface area contributed by atoms with Crippen LogP contribution in [0.5, 0.6) is 0 Å². The Kier molecular flexibility index (Phi) is 2.50. The monoisotopic (exact) mass is 225 g/mol. The van der Waals surface area contributed by atoms with E-state index in [1.165, 1.54) is 4.88 Å². The maximum absolute atomic E-state index is 5.57. The lowest BCUT2D eigenvalue weighted by Crippen LogP contribution is -1.77. The van der Waals surface area contributed by atoms with Crippen LogP contribution in [0.4, 0.5) is 0 Å². The van der Waals surface area contributed by atoms with Gasteiger partial charge in [-0.05, 0) is 22.9 Å². The molecule has 0 N–H and O–H groups in total. The number of aryl methyl sites for hydroxylation is 1. The maximum Gasteiger partial charge on any atom is 0.159 e. The van der Waals surface area contributed by atoms with Crippen LogP contribution in [0, 0.1) is 6.92 Å². The molecule has 0 aliphatic carbocycles. The van der Waals surface area contributed by atoms with E-state index in [-0.39, 0.29) is 0 Å². The van der Waals surface area contributed by atoms with Gasteiger partial charge in [-0.3, -0.25) is 0 Å². The highest BCUT2D eigenvalue weighted by Crippen LogP contribution is 2.22. The standard InChI is InChI=1S/C5H5BrClNS/c1-3-4(2-7)8-5(6)9-3/h2H2,1H3. The second-order valence-corrected chi connectivity index (χ2v) is 4.35. The van der Waals surface area contributed by atoms with Crippen LogP contribution in [0.25, 0.3) is 0 Å². The molecule has 0 radical (unpaired) electrons. The molecule has 0 atom stereocenters. The Morgan fingerprint density at radius 2 is 2.44 bits per heavy atom. The molecule has 1 aromatic rings. The van der Waals surface area contributed by atoms with E-state index in [0.717, 1.165) is 9.61 Å². The highest BCUT2D eigenvalue weighted by Gasteiger charge is 2.02. The number of aromatic nitrogens is 1. The molecule has 1 heterocycles. The topological polar surface area (TPSA) is 12.9 Å². The van der Waals surface area contributed by atoms with Crippen LogP contribution in [0.1, 0.15) is 10.6 Å². The Morgan fingerprint density at radius 3 is 2.67 bits per heavy atom. The van der Waals surface area contributed by atoms with Crippen LogP contribution >= 0.6 is 38.9 Å². The first-order chi connectivity index (χ1) is 4.24. The highest BCUT2D eigenvalue weighted by molar-refractivity contribution is 9.11. The Labute approximate surface area is 71.2 Å². The summed E-state index contributed by atoms with van der Waals surface area (Å²) in [5.41, 5.74) is 0.980. The van der Waals surface area contributed by atoms with E-state index in [0.29, 0.717) is 5.88 Å². The minimum atomic E-state index is 0.508. The van der Waals surface area contributed by atoms with Gasteiger partial charge in [0.15, 0.2) is 3.92 Å². The van der Waals surface area contributed by atoms with Gasteiger partial charge >= 0.3 is 0 Å². The number of hydrogen-bond acceptors (Lipinski definition) is 2. The molecule has 0 aromatic carbocycles. The molecular formula is C5H5BrClNS. The Balaban J connectivity index is 3.01. The molecule has 0 aliphatic heterocycles. The molecule has 50 valence electrons. The second kappa shape index (κ2) is 2.99. The van der Waals surface area contributed by atoms with Crippen molar-refractivity contribution in [3.8, 4) is 0 Å². The van der Waals surface area contributed by atoms with Crippen LogP contribution in [0.3, 0.4) is 0 Å². The number of thiazole rings is 1. The first-order valence-electron chi connectivity index (χ1n) is 2.42. The molecule has 1 rings (SSSR count). The zero-order chi connectivity index (χ0) is 6.85. The summed E-state index contributed by atoms with van der Waals surface area (Å²) >= 11 is 10.5. The van der Waals surface area contributed by atoms with Crippen molar-refractivity contribution in [3.63, 3.8) is 0 Å². The zero-order valence-corrected chi connectivity index (χ0v) is 7.98. The predicted molar refractivity (Wildman–Crippen MR) is 44.1 cm³/mol. The summed E-state index contributed by atoms with van der Waals surface area (Å²) in [6, 6.07) is 0. The van der Waals surface area contributed by atoms with Gasteiger partial charge in [0.2, 0.25) is 0 Å². The number of rotatable bonds is 1. The van der Waals surface area contributed by atoms with Crippen LogP contribution in [-0.4, -0.2) is 4.98 Å². The van der Waals surface area contributed by atoms with Crippen molar-refractivity contribution in [2.45, 2.75) is 12.8 Å². The van der Waals surface area contributed by atoms with E-state index >= 15 is 0 Å². The lowest BCUT2D eigenvalue weighted by molar-refractivity contribution is 1.18. The van der Waals surface area contributed by atoms with E-state index in [4.69, 9.17) is 11.6 Å². The van der Waals surface area contributed by atoms with Gasteiger partial charge in [-0.25, -0.2) is 4.98 Å². The normalized spacial score (nSPS) is 10.1. The zero-order valence-electron chi connectivity index (χ0n) is 4.82. The molecule has 0 unspecified atom stereocenters. The quantitative estimate of drug-likeness (QED) is 0.671. The van der Waals surface area contributed by atoms with E-state index < -0.39 is 0 Å². The van der Waals surface area contributed by atoms with E-state index in [9.17, 15) is 0 Å². The van der Waals surface area contributed by atoms with Crippen molar-refractivity contribution in [2.24, 2.45) is 0 Å². The highest BCUT2D eigenvalue weighted by atomic mass is 79.9. The number of hydrogen-bond donors (Lipinski definition) is 0. The van der Waals surface area contributed by atoms with Crippen LogP contribution < -0.4 is 0 Å². The molecule has 0 fully saturated rings. The van der Waals surface area contributed by atoms with Crippen molar-refractivity contribution in [3.05, 3.63) is 14.5 Å². The van der Waals surface area contributed by atoms with Gasteiger partial charge in [0.05, 0.1) is 11.6 Å². The lowest BCUT2D eigenvalue weighted by Gasteiger charge is -1.84. The lowest BCUT2D eigenvalue weighted by atomic mass is 10.4. The molecule has 0 saturated carbocycles. The summed E-state index contributed by atoms with van der Waals surface area (Å²) in [6.45, 7) is 2.01. The van der Waals surface area contributed by atoms with Gasteiger partial charge in [-0.1, -0.05) is 0 Å². The van der Waals surface area contributed by atoms with Crippen molar-refractivity contribution in [2.75, 3.05) is 0 Å². The van der Waals surface area contributed by atoms with Crippen molar-refractivity contribution in [1.82, 2.24) is 4.98 Å². The Bertz CT molecular complexity index is 211. The number of alkyl halides is 1. The second-order valence-electron chi connectivity index (χ2n) is 1.60. The largest absolute Gasteiger partial charge is 0.233 e. The van der Waals surface area contributed by atoms with Crippen molar-refractivity contribution in [1.29, 1.82) is 0 Å². The summed E-state index contributed by atoms with van der Waals surface area (Å²) in [5.74, 6) is 0.508. The fourth-order valence-corrected chi connectivity index (χ4v) is 2.44. The maximum atomic E-state index is 5.57. The van der Waals surface area contributed by atoms with Crippen molar-refractivity contribution < 1.29 is 0 Å². The average Bonchev–Trinajstić information content (AvgIpc) is 2.10. The first kappa shape index (κ1) is 7.51. The third-order valence-electron chi connectivity index (χ3n) is 0.993. The molecule has 0 spiro atoms. The van der Waals surface area contributed by atoms with Gasteiger partial charge in [-0.15, -0.1) is 22.9 Å². The first-order valence-corrected chi connectivity index (χ1v) is 4.56. The smallest absolute Gasteiger partial charge is 0.159 e. The van der Waals surface area contributed by atoms with E-state index in [1.807, 2.05) is 6.92 Å². The van der Waals surface area contributed by atoms with Gasteiger partial charge < -0.3 is 0 Å². The van der Waals surface area contributed by atoms with Crippen LogP contribution in [-0.2, 0) is 5.88 Å². The SMILES string of the molecule is Cc1sc(Br)nc1CCl. The minimum Gasteiger partial charge on any atom is -0.233 e. The predicted octanol–water partition coefficient (Wildman–Crippen LogP) is 2.95. The van der Waals surface area contributed by atoms with Crippen LogP contribution in [0.2, 0.25) is 0 Å². The Morgan fingerprint density at radius 1 is 1.78 bits per heavy atom. The molecule has 0 amide bonds. The molecule has 1 nitrogen and oxygen atoms in total. The average molecular weight is 227 g/mol. The van der Waals surface area contributed by atoms with Gasteiger partial charge in [0.25, 0.3) is 0 Å². The number of nitrogens with zero attached hydrogens (tertiary/aromatic N) is 1. The van der Waals surface area contributed by atoms with Gasteiger partial charge in [-0.2, -0.15) is 0 Å². The Hall–Kier alpha value is 0.400.